The zero-order valence-electron chi connectivity index (χ0n) is 16.8. The molecule has 2 aromatic rings. The highest BCUT2D eigenvalue weighted by molar-refractivity contribution is 7.17. The summed E-state index contributed by atoms with van der Waals surface area (Å²) >= 11 is 0. The van der Waals surface area contributed by atoms with Gasteiger partial charge in [-0.2, -0.15) is 13.2 Å². The van der Waals surface area contributed by atoms with Crippen molar-refractivity contribution in [3.63, 3.8) is 0 Å². The zero-order valence-corrected chi connectivity index (χ0v) is 18.0. The van der Waals surface area contributed by atoms with E-state index in [9.17, 15) is 27.2 Å². The Balaban J connectivity index is 2.00. The molecule has 3 N–H and O–H groups in total. The van der Waals surface area contributed by atoms with Crippen molar-refractivity contribution in [3.05, 3.63) is 65.0 Å². The van der Waals surface area contributed by atoms with E-state index in [0.717, 1.165) is 11.6 Å². The predicted molar refractivity (Wildman–Crippen MR) is 110 cm³/mol. The van der Waals surface area contributed by atoms with Crippen molar-refractivity contribution in [2.45, 2.75) is 37.4 Å². The molecule has 0 radical (unpaired) electrons. The van der Waals surface area contributed by atoms with Crippen LogP contribution in [0.2, 0.25) is 0 Å². The Labute approximate surface area is 179 Å². The second-order valence-electron chi connectivity index (χ2n) is 7.33. The van der Waals surface area contributed by atoms with Gasteiger partial charge in [0.15, 0.2) is 8.69 Å². The van der Waals surface area contributed by atoms with E-state index in [2.05, 4.69) is 0 Å². The average molecular weight is 463 g/mol. The van der Waals surface area contributed by atoms with Crippen molar-refractivity contribution in [2.75, 3.05) is 19.8 Å². The minimum absolute atomic E-state index is 0.0745. The van der Waals surface area contributed by atoms with Crippen molar-refractivity contribution in [2.24, 2.45) is 5.73 Å². The molecule has 0 aliphatic rings. The first-order valence-electron chi connectivity index (χ1n) is 9.69. The SMILES string of the molecule is NC(CO)(CCc1ccc(OCCCc2ccc(F)cc2)c(C(F)(F)F)c1)CO[PH2]=O. The predicted octanol–water partition coefficient (Wildman–Crippen LogP) is 4.17. The zero-order chi connectivity index (χ0) is 22.9. The molecule has 0 aromatic heterocycles. The minimum Gasteiger partial charge on any atom is -0.493 e. The molecule has 0 heterocycles. The monoisotopic (exact) mass is 463 g/mol. The van der Waals surface area contributed by atoms with Crippen molar-refractivity contribution in [1.82, 2.24) is 0 Å². The molecule has 2 rings (SSSR count). The fraction of sp³-hybridized carbons (Fsp3) is 0.429. The van der Waals surface area contributed by atoms with Gasteiger partial charge in [-0.25, -0.2) is 4.39 Å². The number of halogens is 4. The van der Waals surface area contributed by atoms with Crippen LogP contribution in [0.3, 0.4) is 0 Å². The molecule has 0 spiro atoms. The van der Waals surface area contributed by atoms with E-state index in [1.165, 1.54) is 24.3 Å². The van der Waals surface area contributed by atoms with Crippen LogP contribution in [0.15, 0.2) is 42.5 Å². The van der Waals surface area contributed by atoms with Crippen LogP contribution in [-0.2, 0) is 28.1 Å². The molecule has 0 bridgehead atoms. The highest BCUT2D eigenvalue weighted by atomic mass is 31.1. The van der Waals surface area contributed by atoms with Crippen LogP contribution in [0.5, 0.6) is 5.75 Å². The standard InChI is InChI=1S/C21H26F4NO4P/c22-17-6-3-15(4-7-17)2-1-11-29-19-8-5-16(12-18(19)21(23,24)25)9-10-20(26,13-27)14-30-31-28/h3-8,12,27H,1-2,9-11,13-14,26,31H2. The molecule has 31 heavy (non-hydrogen) atoms. The van der Waals surface area contributed by atoms with Gasteiger partial charge in [0.1, 0.15) is 11.6 Å². The van der Waals surface area contributed by atoms with Crippen LogP contribution in [0.1, 0.15) is 29.5 Å². The lowest BCUT2D eigenvalue weighted by molar-refractivity contribution is -0.139. The fourth-order valence-electron chi connectivity index (χ4n) is 2.98. The van der Waals surface area contributed by atoms with E-state index >= 15 is 0 Å². The molecular formula is C21H26F4NO4P. The lowest BCUT2D eigenvalue weighted by Crippen LogP contribution is -2.47. The molecule has 172 valence electrons. The Hall–Kier alpha value is -1.93. The quantitative estimate of drug-likeness (QED) is 0.281. The minimum atomic E-state index is -4.60. The largest absolute Gasteiger partial charge is 0.493 e. The third-order valence-electron chi connectivity index (χ3n) is 4.80. The fourth-order valence-corrected chi connectivity index (χ4v) is 3.38. The summed E-state index contributed by atoms with van der Waals surface area (Å²) < 4.78 is 74.2. The Bertz CT molecular complexity index is 848. The second-order valence-corrected chi connectivity index (χ2v) is 7.86. The first-order valence-corrected chi connectivity index (χ1v) is 10.6. The Kier molecular flexibility index (Phi) is 9.50. The average Bonchev–Trinajstić information content (AvgIpc) is 2.75. The molecular weight excluding hydrogens is 437 g/mol. The summed E-state index contributed by atoms with van der Waals surface area (Å²) in [5.41, 5.74) is 5.12. The summed E-state index contributed by atoms with van der Waals surface area (Å²) in [5.74, 6) is -0.616. The molecule has 0 saturated carbocycles. The lowest BCUT2D eigenvalue weighted by atomic mass is 9.93. The number of nitrogens with two attached hydrogens (primary N) is 1. The number of aliphatic hydroxyl groups is 1. The molecule has 2 aromatic carbocycles. The highest BCUT2D eigenvalue weighted by Crippen LogP contribution is 2.37. The Morgan fingerprint density at radius 2 is 1.71 bits per heavy atom. The third kappa shape index (κ3) is 8.26. The van der Waals surface area contributed by atoms with Gasteiger partial charge in [0, 0.05) is 0 Å². The Morgan fingerprint density at radius 1 is 1.03 bits per heavy atom. The molecule has 0 aliphatic carbocycles. The second kappa shape index (κ2) is 11.6. The first-order chi connectivity index (χ1) is 14.7. The van der Waals surface area contributed by atoms with E-state index in [1.54, 1.807) is 12.1 Å². The van der Waals surface area contributed by atoms with Crippen LogP contribution in [0.4, 0.5) is 17.6 Å². The number of alkyl halides is 3. The van der Waals surface area contributed by atoms with Crippen LogP contribution in [0.25, 0.3) is 0 Å². The molecule has 2 atom stereocenters. The van der Waals surface area contributed by atoms with E-state index in [0.29, 0.717) is 18.4 Å². The summed E-state index contributed by atoms with van der Waals surface area (Å²) in [5, 5.41) is 9.42. The number of ether oxygens (including phenoxy) is 1. The number of aliphatic hydroxyl groups excluding tert-OH is 1. The topological polar surface area (TPSA) is 81.8 Å². The number of benzene rings is 2. The number of rotatable bonds is 12. The summed E-state index contributed by atoms with van der Waals surface area (Å²) in [6, 6.07) is 9.70. The molecule has 0 amide bonds. The van der Waals surface area contributed by atoms with E-state index in [1.807, 2.05) is 0 Å². The van der Waals surface area contributed by atoms with Crippen molar-refractivity contribution in [3.8, 4) is 5.75 Å². The maximum atomic E-state index is 13.5. The van der Waals surface area contributed by atoms with E-state index < -0.39 is 32.6 Å². The van der Waals surface area contributed by atoms with E-state index in [4.69, 9.17) is 15.0 Å². The molecule has 0 saturated heterocycles. The van der Waals surface area contributed by atoms with Crippen molar-refractivity contribution >= 4 is 8.69 Å². The van der Waals surface area contributed by atoms with Crippen LogP contribution in [-0.4, -0.2) is 30.5 Å². The number of hydrogen-bond donors (Lipinski definition) is 2. The van der Waals surface area contributed by atoms with Gasteiger partial charge in [-0.3, -0.25) is 4.57 Å². The highest BCUT2D eigenvalue weighted by Gasteiger charge is 2.35. The van der Waals surface area contributed by atoms with Gasteiger partial charge in [-0.1, -0.05) is 18.2 Å². The third-order valence-corrected chi connectivity index (χ3v) is 5.10. The normalized spacial score (nSPS) is 14.1. The van der Waals surface area contributed by atoms with Crippen LogP contribution < -0.4 is 10.5 Å². The number of hydrogen-bond acceptors (Lipinski definition) is 5. The molecule has 0 aliphatic heterocycles. The van der Waals surface area contributed by atoms with Crippen molar-refractivity contribution in [1.29, 1.82) is 0 Å². The Morgan fingerprint density at radius 3 is 2.32 bits per heavy atom. The lowest BCUT2D eigenvalue weighted by Gasteiger charge is -2.26. The maximum Gasteiger partial charge on any atom is 0.419 e. The van der Waals surface area contributed by atoms with Gasteiger partial charge < -0.3 is 20.1 Å². The van der Waals surface area contributed by atoms with Gasteiger partial charge in [-0.05, 0) is 61.1 Å². The van der Waals surface area contributed by atoms with Gasteiger partial charge in [0.2, 0.25) is 0 Å². The number of aryl methyl sites for hydroxylation is 2. The maximum absolute atomic E-state index is 13.5. The van der Waals surface area contributed by atoms with Crippen molar-refractivity contribution < 1.29 is 36.5 Å². The van der Waals surface area contributed by atoms with Gasteiger partial charge in [-0.15, -0.1) is 0 Å². The summed E-state index contributed by atoms with van der Waals surface area (Å²) in [7, 11) is -1.49. The molecule has 10 heteroatoms. The van der Waals surface area contributed by atoms with E-state index in [-0.39, 0.29) is 37.6 Å². The summed E-state index contributed by atoms with van der Waals surface area (Å²) in [6.45, 7) is -0.525. The van der Waals surface area contributed by atoms with Crippen LogP contribution in [0, 0.1) is 5.82 Å². The summed E-state index contributed by atoms with van der Waals surface area (Å²) in [6.07, 6.45) is -3.26. The van der Waals surface area contributed by atoms with Gasteiger partial charge >= 0.3 is 6.18 Å². The van der Waals surface area contributed by atoms with Gasteiger partial charge in [0.25, 0.3) is 0 Å². The summed E-state index contributed by atoms with van der Waals surface area (Å²) in [4.78, 5) is 0. The smallest absolute Gasteiger partial charge is 0.419 e. The molecule has 2 unspecified atom stereocenters. The van der Waals surface area contributed by atoms with Gasteiger partial charge in [0.05, 0.1) is 30.9 Å². The molecule has 0 fully saturated rings. The van der Waals surface area contributed by atoms with Crippen LogP contribution >= 0.6 is 8.69 Å². The molecule has 5 nitrogen and oxygen atoms in total. The first kappa shape index (κ1) is 25.3.